The molecule has 0 N–H and O–H groups in total. The summed E-state index contributed by atoms with van der Waals surface area (Å²) >= 11 is 3.56. The van der Waals surface area contributed by atoms with E-state index in [2.05, 4.69) is 33.1 Å². The molecule has 0 atom stereocenters. The van der Waals surface area contributed by atoms with Gasteiger partial charge in [-0.3, -0.25) is 4.99 Å². The number of ether oxygens (including phenoxy) is 1. The van der Waals surface area contributed by atoms with Crippen molar-refractivity contribution >= 4 is 27.8 Å². The van der Waals surface area contributed by atoms with Gasteiger partial charge in [-0.15, -0.1) is 0 Å². The minimum atomic E-state index is 0.552. The SMILES string of the molecule is Brc1cc(C=Nc2ccccc2)ccc1OCc1ccccc1. The van der Waals surface area contributed by atoms with Crippen molar-refractivity contribution in [2.75, 3.05) is 0 Å². The molecule has 0 saturated heterocycles. The first-order valence-electron chi connectivity index (χ1n) is 7.37. The lowest BCUT2D eigenvalue weighted by Gasteiger charge is -2.08. The van der Waals surface area contributed by atoms with Crippen LogP contribution in [0.1, 0.15) is 11.1 Å². The molecule has 0 unspecified atom stereocenters. The maximum Gasteiger partial charge on any atom is 0.134 e. The van der Waals surface area contributed by atoms with Crippen molar-refractivity contribution in [2.24, 2.45) is 4.99 Å². The fraction of sp³-hybridized carbons (Fsp3) is 0.0500. The molecule has 0 aliphatic carbocycles. The second-order valence-electron chi connectivity index (χ2n) is 5.06. The third-order valence-electron chi connectivity index (χ3n) is 3.31. The van der Waals surface area contributed by atoms with E-state index in [1.54, 1.807) is 0 Å². The van der Waals surface area contributed by atoms with Crippen LogP contribution in [0.5, 0.6) is 5.75 Å². The molecular formula is C20H16BrNO. The van der Waals surface area contributed by atoms with Crippen LogP contribution < -0.4 is 4.74 Å². The summed E-state index contributed by atoms with van der Waals surface area (Å²) in [7, 11) is 0. The van der Waals surface area contributed by atoms with Gasteiger partial charge in [0.25, 0.3) is 0 Å². The molecular weight excluding hydrogens is 350 g/mol. The minimum Gasteiger partial charge on any atom is -0.488 e. The van der Waals surface area contributed by atoms with Crippen molar-refractivity contribution in [3.8, 4) is 5.75 Å². The summed E-state index contributed by atoms with van der Waals surface area (Å²) in [5, 5.41) is 0. The van der Waals surface area contributed by atoms with E-state index in [-0.39, 0.29) is 0 Å². The normalized spacial score (nSPS) is 10.8. The van der Waals surface area contributed by atoms with Crippen molar-refractivity contribution < 1.29 is 4.74 Å². The first-order valence-corrected chi connectivity index (χ1v) is 8.16. The second kappa shape index (κ2) is 7.75. The standard InChI is InChI=1S/C20H16BrNO/c21-19-13-17(14-22-18-9-5-2-6-10-18)11-12-20(19)23-15-16-7-3-1-4-8-16/h1-14H,15H2. The Kier molecular flexibility index (Phi) is 5.22. The predicted molar refractivity (Wildman–Crippen MR) is 98.6 cm³/mol. The molecule has 0 amide bonds. The minimum absolute atomic E-state index is 0.552. The molecule has 3 aromatic carbocycles. The molecule has 0 saturated carbocycles. The molecule has 0 aliphatic heterocycles. The number of para-hydroxylation sites is 1. The van der Waals surface area contributed by atoms with Crippen molar-refractivity contribution in [3.63, 3.8) is 0 Å². The van der Waals surface area contributed by atoms with Crippen LogP contribution in [0.25, 0.3) is 0 Å². The first kappa shape index (κ1) is 15.5. The number of benzene rings is 3. The number of hydrogen-bond acceptors (Lipinski definition) is 2. The van der Waals surface area contributed by atoms with Crippen LogP contribution >= 0.6 is 15.9 Å². The smallest absolute Gasteiger partial charge is 0.134 e. The second-order valence-corrected chi connectivity index (χ2v) is 5.91. The lowest BCUT2D eigenvalue weighted by molar-refractivity contribution is 0.304. The van der Waals surface area contributed by atoms with Gasteiger partial charge < -0.3 is 4.74 Å². The van der Waals surface area contributed by atoms with Crippen molar-refractivity contribution in [1.29, 1.82) is 0 Å². The lowest BCUT2D eigenvalue weighted by atomic mass is 10.2. The summed E-state index contributed by atoms with van der Waals surface area (Å²) in [5.41, 5.74) is 3.11. The van der Waals surface area contributed by atoms with Gasteiger partial charge in [-0.1, -0.05) is 48.5 Å². The van der Waals surface area contributed by atoms with E-state index in [9.17, 15) is 0 Å². The summed E-state index contributed by atoms with van der Waals surface area (Å²) in [6.07, 6.45) is 1.85. The third-order valence-corrected chi connectivity index (χ3v) is 3.93. The molecule has 23 heavy (non-hydrogen) atoms. The number of hydrogen-bond donors (Lipinski definition) is 0. The highest BCUT2D eigenvalue weighted by atomic mass is 79.9. The molecule has 0 bridgehead atoms. The van der Waals surface area contributed by atoms with Gasteiger partial charge in [0, 0.05) is 6.21 Å². The monoisotopic (exact) mass is 365 g/mol. The van der Waals surface area contributed by atoms with Gasteiger partial charge >= 0.3 is 0 Å². The Labute approximate surface area is 144 Å². The van der Waals surface area contributed by atoms with Gasteiger partial charge in [-0.05, 0) is 57.4 Å². The maximum absolute atomic E-state index is 5.85. The third kappa shape index (κ3) is 4.54. The van der Waals surface area contributed by atoms with E-state index in [1.165, 1.54) is 0 Å². The van der Waals surface area contributed by atoms with Gasteiger partial charge in [0.15, 0.2) is 0 Å². The molecule has 0 spiro atoms. The summed E-state index contributed by atoms with van der Waals surface area (Å²) in [4.78, 5) is 4.45. The zero-order chi connectivity index (χ0) is 15.9. The Morgan fingerprint density at radius 3 is 2.26 bits per heavy atom. The number of aliphatic imine (C=N–C) groups is 1. The van der Waals surface area contributed by atoms with Crippen LogP contribution in [0, 0.1) is 0 Å². The Balaban J connectivity index is 1.67. The fourth-order valence-electron chi connectivity index (χ4n) is 2.11. The quantitative estimate of drug-likeness (QED) is 0.525. The molecule has 3 rings (SSSR count). The molecule has 0 fully saturated rings. The molecule has 0 heterocycles. The Bertz CT molecular complexity index is 785. The molecule has 3 aromatic rings. The van der Waals surface area contributed by atoms with E-state index in [0.717, 1.165) is 27.0 Å². The van der Waals surface area contributed by atoms with Crippen LogP contribution in [-0.4, -0.2) is 6.21 Å². The van der Waals surface area contributed by atoms with Crippen LogP contribution in [0.3, 0.4) is 0 Å². The number of rotatable bonds is 5. The zero-order valence-corrected chi connectivity index (χ0v) is 14.1. The fourth-order valence-corrected chi connectivity index (χ4v) is 2.62. The molecule has 0 aromatic heterocycles. The Hall–Kier alpha value is -2.39. The van der Waals surface area contributed by atoms with Gasteiger partial charge in [-0.2, -0.15) is 0 Å². The van der Waals surface area contributed by atoms with Crippen molar-refractivity contribution in [2.45, 2.75) is 6.61 Å². The Morgan fingerprint density at radius 2 is 1.57 bits per heavy atom. The summed E-state index contributed by atoms with van der Waals surface area (Å²) in [6.45, 7) is 0.552. The zero-order valence-electron chi connectivity index (χ0n) is 12.5. The van der Waals surface area contributed by atoms with Gasteiger partial charge in [0.2, 0.25) is 0 Å². The molecule has 0 radical (unpaired) electrons. The van der Waals surface area contributed by atoms with Crippen LogP contribution in [0.15, 0.2) is 88.3 Å². The molecule has 0 aliphatic rings. The van der Waals surface area contributed by atoms with E-state index in [1.807, 2.05) is 72.9 Å². The highest BCUT2D eigenvalue weighted by Gasteiger charge is 2.02. The molecule has 2 nitrogen and oxygen atoms in total. The first-order chi connectivity index (χ1) is 11.3. The predicted octanol–water partition coefficient (Wildman–Crippen LogP) is 5.78. The summed E-state index contributed by atoms with van der Waals surface area (Å²) in [6, 6.07) is 26.0. The lowest BCUT2D eigenvalue weighted by Crippen LogP contribution is -1.96. The topological polar surface area (TPSA) is 21.6 Å². The maximum atomic E-state index is 5.85. The number of halogens is 1. The van der Waals surface area contributed by atoms with E-state index < -0.39 is 0 Å². The average molecular weight is 366 g/mol. The summed E-state index contributed by atoms with van der Waals surface area (Å²) in [5.74, 6) is 0.825. The van der Waals surface area contributed by atoms with Crippen LogP contribution in [0.4, 0.5) is 5.69 Å². The van der Waals surface area contributed by atoms with Gasteiger partial charge in [-0.25, -0.2) is 0 Å². The highest BCUT2D eigenvalue weighted by molar-refractivity contribution is 9.10. The Morgan fingerprint density at radius 1 is 0.870 bits per heavy atom. The molecule has 114 valence electrons. The largest absolute Gasteiger partial charge is 0.488 e. The molecule has 3 heteroatoms. The van der Waals surface area contributed by atoms with Crippen LogP contribution in [-0.2, 0) is 6.61 Å². The van der Waals surface area contributed by atoms with Gasteiger partial charge in [0.05, 0.1) is 10.2 Å². The number of nitrogens with zero attached hydrogens (tertiary/aromatic N) is 1. The van der Waals surface area contributed by atoms with Crippen molar-refractivity contribution in [3.05, 3.63) is 94.5 Å². The van der Waals surface area contributed by atoms with Crippen LogP contribution in [0.2, 0.25) is 0 Å². The van der Waals surface area contributed by atoms with Gasteiger partial charge in [0.1, 0.15) is 12.4 Å². The highest BCUT2D eigenvalue weighted by Crippen LogP contribution is 2.26. The van der Waals surface area contributed by atoms with E-state index >= 15 is 0 Å². The summed E-state index contributed by atoms with van der Waals surface area (Å²) < 4.78 is 6.77. The van der Waals surface area contributed by atoms with E-state index in [4.69, 9.17) is 4.74 Å². The average Bonchev–Trinajstić information content (AvgIpc) is 2.61. The van der Waals surface area contributed by atoms with Crippen molar-refractivity contribution in [1.82, 2.24) is 0 Å². The van der Waals surface area contributed by atoms with E-state index in [0.29, 0.717) is 6.61 Å².